The normalized spacial score (nSPS) is 18.2. The van der Waals surface area contributed by atoms with Crippen molar-refractivity contribution >= 4 is 41.8 Å². The smallest absolute Gasteiger partial charge is 0.491 e. The fourth-order valence-corrected chi connectivity index (χ4v) is 7.25. The molecule has 21 nitrogen and oxygen atoms in total. The minimum Gasteiger partial charge on any atom is -0.491 e. The molecule has 1 saturated heterocycles. The van der Waals surface area contributed by atoms with Crippen molar-refractivity contribution in [1.29, 1.82) is 0 Å². The zero-order valence-electron chi connectivity index (χ0n) is 36.6. The highest BCUT2D eigenvalue weighted by atomic mass is 16.7. The second kappa shape index (κ2) is 22.9. The van der Waals surface area contributed by atoms with Gasteiger partial charge < -0.3 is 57.4 Å². The second-order valence-electron chi connectivity index (χ2n) is 14.7. The summed E-state index contributed by atoms with van der Waals surface area (Å²) in [5.74, 6) is -3.89. The molecule has 2 aliphatic rings. The van der Waals surface area contributed by atoms with Gasteiger partial charge in [0, 0.05) is 57.0 Å². The predicted octanol–water partition coefficient (Wildman–Crippen LogP) is 5.32. The third-order valence-corrected chi connectivity index (χ3v) is 10.1. The minimum atomic E-state index is -1.78. The van der Waals surface area contributed by atoms with Crippen molar-refractivity contribution in [1.82, 2.24) is 5.32 Å². The molecule has 0 saturated carbocycles. The molecule has 1 heterocycles. The molecule has 5 atom stereocenters. The number of hydrogen-bond donors (Lipinski definition) is 1. The Bertz CT molecular complexity index is 2400. The minimum absolute atomic E-state index is 0.0131. The van der Waals surface area contributed by atoms with E-state index < -0.39 is 78.4 Å². The number of amides is 1. The van der Waals surface area contributed by atoms with E-state index in [-0.39, 0.29) is 67.4 Å². The predicted molar refractivity (Wildman–Crippen MR) is 228 cm³/mol. The van der Waals surface area contributed by atoms with Crippen LogP contribution in [0, 0.1) is 10.1 Å². The van der Waals surface area contributed by atoms with E-state index in [4.69, 9.17) is 52.1 Å². The van der Waals surface area contributed by atoms with Crippen LogP contribution in [0.25, 0.3) is 11.1 Å². The van der Waals surface area contributed by atoms with Gasteiger partial charge in [0.2, 0.25) is 12.4 Å². The Hall–Kier alpha value is -7.78. The van der Waals surface area contributed by atoms with E-state index >= 15 is 0 Å². The molecule has 354 valence electrons. The number of nitrogens with one attached hydrogen (secondary N) is 1. The maximum Gasteiger partial charge on any atom is 0.514 e. The highest BCUT2D eigenvalue weighted by molar-refractivity contribution is 5.79. The zero-order valence-corrected chi connectivity index (χ0v) is 36.6. The Morgan fingerprint density at radius 1 is 0.716 bits per heavy atom. The number of ether oxygens (including phenoxy) is 11. The number of fused-ring (bicyclic) bond motifs is 3. The Labute approximate surface area is 382 Å². The van der Waals surface area contributed by atoms with Crippen molar-refractivity contribution in [2.24, 2.45) is 0 Å². The van der Waals surface area contributed by atoms with E-state index in [1.165, 1.54) is 30.3 Å². The number of nitro groups is 1. The number of methoxy groups -OCH3 is 1. The molecule has 6 rings (SSSR count). The lowest BCUT2D eigenvalue weighted by Gasteiger charge is -2.43. The van der Waals surface area contributed by atoms with Crippen molar-refractivity contribution in [3.63, 3.8) is 0 Å². The first-order valence-electron chi connectivity index (χ1n) is 20.6. The number of nitrogens with zero attached hydrogens (tertiary/aromatic N) is 1. The first-order chi connectivity index (χ1) is 32.2. The largest absolute Gasteiger partial charge is 0.514 e. The quantitative estimate of drug-likeness (QED) is 0.0312. The molecule has 1 aliphatic carbocycles. The maximum absolute atomic E-state index is 13.0. The van der Waals surface area contributed by atoms with E-state index in [0.29, 0.717) is 0 Å². The first kappa shape index (κ1) is 48.7. The fourth-order valence-electron chi connectivity index (χ4n) is 7.25. The molecular weight excluding hydrogens is 885 g/mol. The summed E-state index contributed by atoms with van der Waals surface area (Å²) in [4.78, 5) is 85.6. The summed E-state index contributed by atoms with van der Waals surface area (Å²) in [5.41, 5.74) is 4.30. The SMILES string of the molecule is COC(=O)[C@H]1O[C@@H](Oc2cc(OCCOCCNC(=O)OCC3c4ccccc4-c4ccccc43)ccc2COC(=O)Oc2ccc([N+](=O)[O-])cc2)[C@H](OC(C)=O)[C@@H](OC(C)=O)[C@@H]1OC(C)=O. The van der Waals surface area contributed by atoms with Gasteiger partial charge in [-0.05, 0) is 46.5 Å². The van der Waals surface area contributed by atoms with Crippen LogP contribution in [0.3, 0.4) is 0 Å². The zero-order chi connectivity index (χ0) is 48.0. The van der Waals surface area contributed by atoms with Crippen LogP contribution in [0.5, 0.6) is 17.2 Å². The summed E-state index contributed by atoms with van der Waals surface area (Å²) >= 11 is 0. The molecule has 1 aliphatic heterocycles. The molecule has 0 radical (unpaired) electrons. The summed E-state index contributed by atoms with van der Waals surface area (Å²) in [7, 11) is 1.03. The van der Waals surface area contributed by atoms with E-state index in [9.17, 15) is 38.9 Å². The van der Waals surface area contributed by atoms with Gasteiger partial charge in [-0.3, -0.25) is 24.5 Å². The fraction of sp³-hybridized carbons (Fsp3) is 0.348. The number of carbonyl (C=O) groups is 6. The van der Waals surface area contributed by atoms with E-state index in [1.807, 2.05) is 48.5 Å². The van der Waals surface area contributed by atoms with E-state index in [0.717, 1.165) is 62.3 Å². The number of alkyl carbamates (subject to hydrolysis) is 1. The highest BCUT2D eigenvalue weighted by Crippen LogP contribution is 2.44. The second-order valence-corrected chi connectivity index (χ2v) is 14.7. The van der Waals surface area contributed by atoms with Crippen LogP contribution in [-0.2, 0) is 63.7 Å². The van der Waals surface area contributed by atoms with Crippen LogP contribution in [-0.4, -0.2) is 112 Å². The molecule has 4 aromatic rings. The molecule has 4 aromatic carbocycles. The van der Waals surface area contributed by atoms with Crippen molar-refractivity contribution in [2.75, 3.05) is 40.1 Å². The number of nitro benzene ring substituents is 1. The van der Waals surface area contributed by atoms with Crippen LogP contribution in [0.2, 0.25) is 0 Å². The van der Waals surface area contributed by atoms with Gasteiger partial charge >= 0.3 is 36.1 Å². The number of benzene rings is 4. The number of carbonyl (C=O) groups excluding carboxylic acids is 6. The van der Waals surface area contributed by atoms with Crippen LogP contribution in [0.1, 0.15) is 43.4 Å². The van der Waals surface area contributed by atoms with E-state index in [1.54, 1.807) is 0 Å². The third kappa shape index (κ3) is 12.9. The highest BCUT2D eigenvalue weighted by Gasteiger charge is 2.56. The van der Waals surface area contributed by atoms with Crippen LogP contribution < -0.4 is 19.5 Å². The molecule has 0 spiro atoms. The average molecular weight is 931 g/mol. The Kier molecular flexibility index (Phi) is 16.6. The van der Waals surface area contributed by atoms with Gasteiger partial charge in [-0.1, -0.05) is 48.5 Å². The number of hydrogen-bond acceptors (Lipinski definition) is 19. The summed E-state index contributed by atoms with van der Waals surface area (Å²) in [5, 5.41) is 13.7. The summed E-state index contributed by atoms with van der Waals surface area (Å²) in [6.45, 7) is 3.03. The van der Waals surface area contributed by atoms with Gasteiger partial charge in [0.05, 0.1) is 25.2 Å². The van der Waals surface area contributed by atoms with Gasteiger partial charge in [-0.2, -0.15) is 0 Å². The topological polar surface area (TPSA) is 259 Å². The standard InChI is InChI=1S/C46H46N2O19/c1-26(49)62-39-40(63-27(2)50)42(64-28(3)51)44(67-41(39)43(52)57-4)66-38-23-32(16-13-29(38)24-61-46(54)65-31-17-14-30(15-18-31)48(55)56)59-22-21-58-20-19-47-45(53)60-25-37-35-11-7-5-9-33(35)34-10-6-8-12-36(34)37/h5-18,23,37,39-42,44H,19-22,24-25H2,1-4H3,(H,47,53)/t39-,40-,41-,42+,44+/m0/s1. The van der Waals surface area contributed by atoms with Gasteiger partial charge in [0.1, 0.15) is 37.1 Å². The van der Waals surface area contributed by atoms with Crippen molar-refractivity contribution < 1.29 is 85.8 Å². The monoisotopic (exact) mass is 930 g/mol. The van der Waals surface area contributed by atoms with Crippen molar-refractivity contribution in [3.8, 4) is 28.4 Å². The average Bonchev–Trinajstić information content (AvgIpc) is 3.62. The molecule has 0 bridgehead atoms. The van der Waals surface area contributed by atoms with Crippen LogP contribution >= 0.6 is 0 Å². The lowest BCUT2D eigenvalue weighted by molar-refractivity contribution is -0.384. The lowest BCUT2D eigenvalue weighted by atomic mass is 9.97. The lowest BCUT2D eigenvalue weighted by Crippen LogP contribution is -2.64. The van der Waals surface area contributed by atoms with Gasteiger partial charge in [-0.15, -0.1) is 0 Å². The Balaban J connectivity index is 1.10. The first-order valence-corrected chi connectivity index (χ1v) is 20.6. The van der Waals surface area contributed by atoms with E-state index in [2.05, 4.69) is 5.32 Å². The molecule has 0 unspecified atom stereocenters. The van der Waals surface area contributed by atoms with Gasteiger partial charge in [-0.25, -0.2) is 14.4 Å². The number of rotatable bonds is 19. The summed E-state index contributed by atoms with van der Waals surface area (Å²) < 4.78 is 60.7. The molecule has 1 N–H and O–H groups in total. The van der Waals surface area contributed by atoms with Crippen LogP contribution in [0.15, 0.2) is 91.0 Å². The molecule has 0 aromatic heterocycles. The molecular formula is C46H46N2O19. The molecule has 1 fully saturated rings. The number of non-ortho nitro benzene ring substituents is 1. The van der Waals surface area contributed by atoms with Crippen LogP contribution in [0.4, 0.5) is 15.3 Å². The summed E-state index contributed by atoms with van der Waals surface area (Å²) in [6, 6.07) is 24.9. The molecule has 21 heteroatoms. The number of esters is 4. The molecule has 1 amide bonds. The Morgan fingerprint density at radius 3 is 1.96 bits per heavy atom. The molecule has 67 heavy (non-hydrogen) atoms. The van der Waals surface area contributed by atoms with Crippen molar-refractivity contribution in [2.45, 2.75) is 64.0 Å². The maximum atomic E-state index is 13.0. The third-order valence-electron chi connectivity index (χ3n) is 10.1. The summed E-state index contributed by atoms with van der Waals surface area (Å²) in [6.07, 6.45) is -10.4. The van der Waals surface area contributed by atoms with Gasteiger partial charge in [0.25, 0.3) is 5.69 Å². The van der Waals surface area contributed by atoms with Crippen molar-refractivity contribution in [3.05, 3.63) is 118 Å². The van der Waals surface area contributed by atoms with Gasteiger partial charge in [0.15, 0.2) is 18.3 Å². The Morgan fingerprint density at radius 2 is 1.33 bits per heavy atom.